The molecule has 0 fully saturated rings. The van der Waals surface area contributed by atoms with Crippen LogP contribution in [0.4, 0.5) is 0 Å². The Hall–Kier alpha value is -2.15. The summed E-state index contributed by atoms with van der Waals surface area (Å²) in [4.78, 5) is 17.5. The molecule has 2 N–H and O–H groups in total. The second-order valence-electron chi connectivity index (χ2n) is 6.02. The van der Waals surface area contributed by atoms with E-state index in [0.29, 0.717) is 18.7 Å². The van der Waals surface area contributed by atoms with Crippen LogP contribution in [0.2, 0.25) is 0 Å². The Balaban J connectivity index is 0.00000182. The van der Waals surface area contributed by atoms with Gasteiger partial charge in [0.05, 0.1) is 22.8 Å². The molecule has 0 bridgehead atoms. The van der Waals surface area contributed by atoms with Crippen molar-refractivity contribution in [1.29, 1.82) is 0 Å². The molecule has 1 unspecified atom stereocenters. The molecule has 0 saturated heterocycles. The van der Waals surface area contributed by atoms with Crippen LogP contribution in [0, 0.1) is 0 Å². The van der Waals surface area contributed by atoms with Crippen LogP contribution in [-0.2, 0) is 6.54 Å². The van der Waals surface area contributed by atoms with Crippen LogP contribution in [0.25, 0.3) is 22.3 Å². The molecule has 1 amide bonds. The summed E-state index contributed by atoms with van der Waals surface area (Å²) in [5.74, 6) is -0.109. The van der Waals surface area contributed by atoms with Gasteiger partial charge in [0, 0.05) is 24.7 Å². The predicted octanol–water partition coefficient (Wildman–Crippen LogP) is 3.30. The fourth-order valence-electron chi connectivity index (χ4n) is 2.67. The van der Waals surface area contributed by atoms with Gasteiger partial charge in [-0.05, 0) is 27.0 Å². The maximum absolute atomic E-state index is 12.8. The molecule has 0 aliphatic heterocycles. The lowest BCUT2D eigenvalue weighted by atomic mass is 10.1. The van der Waals surface area contributed by atoms with E-state index in [4.69, 9.17) is 4.98 Å². The van der Waals surface area contributed by atoms with E-state index in [9.17, 15) is 4.79 Å². The van der Waals surface area contributed by atoms with Gasteiger partial charge in [-0.3, -0.25) is 4.79 Å². The Bertz CT molecular complexity index is 882. The third-order valence-corrected chi connectivity index (χ3v) is 4.28. The number of likely N-dealkylation sites (N-methyl/N-ethyl adjacent to an activating group) is 1. The molecule has 6 nitrogen and oxygen atoms in total. The largest absolute Gasteiger partial charge is 0.350 e. The minimum atomic E-state index is -0.109. The van der Waals surface area contributed by atoms with Crippen LogP contribution in [0.1, 0.15) is 24.2 Å². The smallest absolute Gasteiger partial charge is 0.252 e. The number of halogens is 2. The van der Waals surface area contributed by atoms with Crippen LogP contribution >= 0.6 is 24.8 Å². The van der Waals surface area contributed by atoms with Crippen molar-refractivity contribution in [2.24, 2.45) is 0 Å². The lowest BCUT2D eigenvalue weighted by Crippen LogP contribution is -2.37. The highest BCUT2D eigenvalue weighted by Crippen LogP contribution is 2.24. The van der Waals surface area contributed by atoms with Crippen molar-refractivity contribution in [3.63, 3.8) is 0 Å². The third-order valence-electron chi connectivity index (χ3n) is 4.28. The van der Waals surface area contributed by atoms with Crippen molar-refractivity contribution in [3.8, 4) is 11.3 Å². The number of aryl methyl sites for hydroxylation is 1. The van der Waals surface area contributed by atoms with Crippen LogP contribution in [-0.4, -0.2) is 40.3 Å². The van der Waals surface area contributed by atoms with Gasteiger partial charge < -0.3 is 10.6 Å². The molecule has 0 aliphatic rings. The minimum Gasteiger partial charge on any atom is -0.350 e. The van der Waals surface area contributed by atoms with Crippen molar-refractivity contribution >= 4 is 41.8 Å². The molecule has 3 aromatic rings. The zero-order valence-corrected chi connectivity index (χ0v) is 17.2. The molecule has 1 aromatic carbocycles. The van der Waals surface area contributed by atoms with Crippen LogP contribution < -0.4 is 10.6 Å². The number of pyridine rings is 1. The zero-order valence-electron chi connectivity index (χ0n) is 15.6. The van der Waals surface area contributed by atoms with Gasteiger partial charge in [-0.15, -0.1) is 24.8 Å². The molecule has 27 heavy (non-hydrogen) atoms. The van der Waals surface area contributed by atoms with Crippen molar-refractivity contribution in [2.45, 2.75) is 26.4 Å². The van der Waals surface area contributed by atoms with E-state index in [-0.39, 0.29) is 36.8 Å². The molecule has 0 saturated carbocycles. The fraction of sp³-hybridized carbons (Fsp3) is 0.316. The summed E-state index contributed by atoms with van der Waals surface area (Å²) in [6.07, 6.45) is 1.72. The summed E-state index contributed by atoms with van der Waals surface area (Å²) >= 11 is 0. The van der Waals surface area contributed by atoms with Crippen LogP contribution in [0.5, 0.6) is 0 Å². The highest BCUT2D eigenvalue weighted by atomic mass is 35.5. The summed E-state index contributed by atoms with van der Waals surface area (Å²) in [5, 5.41) is 11.2. The molecule has 2 aromatic heterocycles. The van der Waals surface area contributed by atoms with Crippen molar-refractivity contribution in [1.82, 2.24) is 25.4 Å². The van der Waals surface area contributed by atoms with E-state index in [1.54, 1.807) is 6.20 Å². The summed E-state index contributed by atoms with van der Waals surface area (Å²) in [6, 6.07) is 11.9. The maximum Gasteiger partial charge on any atom is 0.252 e. The monoisotopic (exact) mass is 409 g/mol. The molecular weight excluding hydrogens is 385 g/mol. The first-order valence-electron chi connectivity index (χ1n) is 8.51. The first kappa shape index (κ1) is 22.9. The highest BCUT2D eigenvalue weighted by Gasteiger charge is 2.17. The molecule has 146 valence electrons. The van der Waals surface area contributed by atoms with Gasteiger partial charge >= 0.3 is 0 Å². The molecule has 0 spiro atoms. The lowest BCUT2D eigenvalue weighted by Gasteiger charge is -2.13. The zero-order chi connectivity index (χ0) is 17.8. The number of amides is 1. The van der Waals surface area contributed by atoms with E-state index >= 15 is 0 Å². The molecule has 8 heteroatoms. The number of nitrogens with one attached hydrogen (secondary N) is 2. The Morgan fingerprint density at radius 3 is 2.56 bits per heavy atom. The number of carbonyl (C=O) groups excluding carboxylic acids is 1. The van der Waals surface area contributed by atoms with Gasteiger partial charge in [-0.2, -0.15) is 5.10 Å². The Kier molecular flexibility index (Phi) is 8.69. The van der Waals surface area contributed by atoms with E-state index in [0.717, 1.165) is 22.3 Å². The number of fused-ring (bicyclic) bond motifs is 1. The molecule has 0 aliphatic carbocycles. The Morgan fingerprint density at radius 1 is 1.22 bits per heavy atom. The van der Waals surface area contributed by atoms with Gasteiger partial charge in [0.15, 0.2) is 5.65 Å². The second-order valence-corrected chi connectivity index (χ2v) is 6.02. The van der Waals surface area contributed by atoms with Crippen molar-refractivity contribution in [2.75, 3.05) is 13.6 Å². The number of carbonyl (C=O) groups is 1. The van der Waals surface area contributed by atoms with Gasteiger partial charge in [0.1, 0.15) is 0 Å². The minimum absolute atomic E-state index is 0. The molecule has 1 atom stereocenters. The average Bonchev–Trinajstić information content (AvgIpc) is 3.08. The van der Waals surface area contributed by atoms with Crippen molar-refractivity contribution < 1.29 is 4.79 Å². The molecule has 3 rings (SSSR count). The highest BCUT2D eigenvalue weighted by molar-refractivity contribution is 6.06. The van der Waals surface area contributed by atoms with Gasteiger partial charge in [-0.1, -0.05) is 30.3 Å². The summed E-state index contributed by atoms with van der Waals surface area (Å²) < 4.78 is 1.81. The van der Waals surface area contributed by atoms with Gasteiger partial charge in [0.2, 0.25) is 0 Å². The van der Waals surface area contributed by atoms with E-state index in [2.05, 4.69) is 15.7 Å². The van der Waals surface area contributed by atoms with Gasteiger partial charge in [0.25, 0.3) is 5.91 Å². The topological polar surface area (TPSA) is 71.8 Å². The number of benzene rings is 1. The number of hydrogen-bond donors (Lipinski definition) is 2. The van der Waals surface area contributed by atoms with Crippen LogP contribution in [0.3, 0.4) is 0 Å². The summed E-state index contributed by atoms with van der Waals surface area (Å²) in [7, 11) is 1.88. The summed E-state index contributed by atoms with van der Waals surface area (Å²) in [5.41, 5.74) is 3.09. The number of hydrogen-bond acceptors (Lipinski definition) is 4. The average molecular weight is 410 g/mol. The van der Waals surface area contributed by atoms with Crippen LogP contribution in [0.15, 0.2) is 42.6 Å². The molecular formula is C19H25Cl2N5O. The normalized spacial score (nSPS) is 11.4. The predicted molar refractivity (Wildman–Crippen MR) is 114 cm³/mol. The quantitative estimate of drug-likeness (QED) is 0.654. The second kappa shape index (κ2) is 10.3. The Labute approximate surface area is 171 Å². The first-order valence-corrected chi connectivity index (χ1v) is 8.51. The number of rotatable bonds is 6. The standard InChI is InChI=1S/C19H23N5O.2ClH/c1-4-24-18-16(12-22-24)15(19(25)21-11-13(2)20-3)10-17(23-18)14-8-6-5-7-9-14;;/h5-10,12-13,20H,4,11H2,1-3H3,(H,21,25);2*1H. The SMILES string of the molecule is CCn1ncc2c(C(=O)NCC(C)NC)cc(-c3ccccc3)nc21.Cl.Cl. The fourth-order valence-corrected chi connectivity index (χ4v) is 2.67. The van der Waals surface area contributed by atoms with Gasteiger partial charge in [-0.25, -0.2) is 9.67 Å². The number of aromatic nitrogens is 3. The Morgan fingerprint density at radius 2 is 1.93 bits per heavy atom. The third kappa shape index (κ3) is 4.97. The lowest BCUT2D eigenvalue weighted by molar-refractivity contribution is 0.0952. The molecule has 2 heterocycles. The summed E-state index contributed by atoms with van der Waals surface area (Å²) in [6.45, 7) is 5.29. The first-order chi connectivity index (χ1) is 12.1. The molecule has 0 radical (unpaired) electrons. The maximum atomic E-state index is 12.8. The van der Waals surface area contributed by atoms with E-state index in [1.807, 2.05) is 62.0 Å². The van der Waals surface area contributed by atoms with E-state index < -0.39 is 0 Å². The van der Waals surface area contributed by atoms with Crippen molar-refractivity contribution in [3.05, 3.63) is 48.2 Å². The van der Waals surface area contributed by atoms with E-state index in [1.165, 1.54) is 0 Å². The number of nitrogens with zero attached hydrogens (tertiary/aromatic N) is 3.